The van der Waals surface area contributed by atoms with E-state index in [2.05, 4.69) is 9.97 Å². The highest BCUT2D eigenvalue weighted by atomic mass is 14.9. The van der Waals surface area contributed by atoms with E-state index >= 15 is 0 Å². The fourth-order valence-electron chi connectivity index (χ4n) is 1.47. The Bertz CT molecular complexity index is 536. The summed E-state index contributed by atoms with van der Waals surface area (Å²) in [6.07, 6.45) is 1.67. The quantitative estimate of drug-likeness (QED) is 0.663. The number of hydrogen-bond acceptors (Lipinski definition) is 5. The fraction of sp³-hybridized carbons (Fsp3) is 0.0909. The summed E-state index contributed by atoms with van der Waals surface area (Å²) in [5.74, 6) is 1.32. The summed E-state index contributed by atoms with van der Waals surface area (Å²) in [6, 6.07) is 5.45. The lowest BCUT2D eigenvalue weighted by Gasteiger charge is -2.07. The molecule has 2 rings (SSSR count). The minimum atomic E-state index is 0.394. The fourth-order valence-corrected chi connectivity index (χ4v) is 1.47. The van der Waals surface area contributed by atoms with Gasteiger partial charge in [0.1, 0.15) is 17.5 Å². The molecule has 0 fully saturated rings. The molecule has 82 valence electrons. The van der Waals surface area contributed by atoms with Gasteiger partial charge in [-0.15, -0.1) is 0 Å². The molecule has 0 saturated heterocycles. The van der Waals surface area contributed by atoms with E-state index in [1.165, 1.54) is 0 Å². The molecule has 0 spiro atoms. The van der Waals surface area contributed by atoms with E-state index in [0.29, 0.717) is 17.5 Å². The Morgan fingerprint density at radius 2 is 1.81 bits per heavy atom. The molecule has 0 aliphatic rings. The predicted molar refractivity (Wildman–Crippen MR) is 65.4 cm³/mol. The Hall–Kier alpha value is -2.30. The monoisotopic (exact) mass is 215 g/mol. The van der Waals surface area contributed by atoms with Crippen molar-refractivity contribution in [1.29, 1.82) is 0 Å². The van der Waals surface area contributed by atoms with Crippen LogP contribution in [0.15, 0.2) is 24.4 Å². The van der Waals surface area contributed by atoms with Crippen LogP contribution in [0.25, 0.3) is 11.1 Å². The second-order valence-electron chi connectivity index (χ2n) is 3.60. The van der Waals surface area contributed by atoms with Gasteiger partial charge in [0.15, 0.2) is 0 Å². The molecule has 5 nitrogen and oxygen atoms in total. The summed E-state index contributed by atoms with van der Waals surface area (Å²) in [5.41, 5.74) is 19.6. The topological polar surface area (TPSA) is 104 Å². The van der Waals surface area contributed by atoms with Crippen molar-refractivity contribution >= 4 is 17.5 Å². The first kappa shape index (κ1) is 10.2. The number of aryl methyl sites for hydroxylation is 1. The molecule has 0 radical (unpaired) electrons. The number of anilines is 3. The average molecular weight is 215 g/mol. The molecule has 0 aliphatic heterocycles. The summed E-state index contributed by atoms with van der Waals surface area (Å²) < 4.78 is 0. The molecular weight excluding hydrogens is 202 g/mol. The SMILES string of the molecule is Cc1cc(-c2ccc(N)nc2N)cnc1N. The van der Waals surface area contributed by atoms with Crippen molar-refractivity contribution < 1.29 is 0 Å². The van der Waals surface area contributed by atoms with Crippen LogP contribution >= 0.6 is 0 Å². The molecular formula is C11H13N5. The van der Waals surface area contributed by atoms with Gasteiger partial charge in [0.25, 0.3) is 0 Å². The number of hydrogen-bond donors (Lipinski definition) is 3. The molecule has 2 aromatic heterocycles. The van der Waals surface area contributed by atoms with Gasteiger partial charge in [0.05, 0.1) is 0 Å². The molecule has 2 heterocycles. The number of rotatable bonds is 1. The molecule has 2 aromatic rings. The molecule has 5 heteroatoms. The van der Waals surface area contributed by atoms with E-state index < -0.39 is 0 Å². The van der Waals surface area contributed by atoms with E-state index in [4.69, 9.17) is 17.2 Å². The van der Waals surface area contributed by atoms with E-state index in [1.807, 2.05) is 19.1 Å². The van der Waals surface area contributed by atoms with Crippen molar-refractivity contribution in [3.05, 3.63) is 30.0 Å². The minimum Gasteiger partial charge on any atom is -0.384 e. The minimum absolute atomic E-state index is 0.394. The van der Waals surface area contributed by atoms with Crippen molar-refractivity contribution in [2.45, 2.75) is 6.92 Å². The van der Waals surface area contributed by atoms with Gasteiger partial charge in [0, 0.05) is 17.3 Å². The van der Waals surface area contributed by atoms with Crippen LogP contribution < -0.4 is 17.2 Å². The van der Waals surface area contributed by atoms with Gasteiger partial charge in [0.2, 0.25) is 0 Å². The average Bonchev–Trinajstić information content (AvgIpc) is 2.22. The molecule has 0 saturated carbocycles. The smallest absolute Gasteiger partial charge is 0.133 e. The second kappa shape index (κ2) is 3.69. The predicted octanol–water partition coefficient (Wildman–Crippen LogP) is 1.20. The van der Waals surface area contributed by atoms with Crippen LogP contribution in [0.4, 0.5) is 17.5 Å². The molecule has 6 N–H and O–H groups in total. The first-order valence-corrected chi connectivity index (χ1v) is 4.82. The Morgan fingerprint density at radius 3 is 2.44 bits per heavy atom. The standard InChI is InChI=1S/C11H13N5/c1-6-4-7(5-15-10(6)13)8-2-3-9(12)16-11(8)14/h2-5H,1H3,(H2,13,15)(H4,12,14,16). The number of pyridine rings is 2. The Kier molecular flexibility index (Phi) is 2.36. The first-order valence-electron chi connectivity index (χ1n) is 4.82. The van der Waals surface area contributed by atoms with E-state index in [-0.39, 0.29) is 0 Å². The Labute approximate surface area is 93.3 Å². The van der Waals surface area contributed by atoms with Crippen molar-refractivity contribution in [3.63, 3.8) is 0 Å². The normalized spacial score (nSPS) is 10.3. The highest BCUT2D eigenvalue weighted by Crippen LogP contribution is 2.26. The van der Waals surface area contributed by atoms with Gasteiger partial charge in [-0.1, -0.05) is 0 Å². The van der Waals surface area contributed by atoms with Crippen molar-refractivity contribution in [2.24, 2.45) is 0 Å². The zero-order chi connectivity index (χ0) is 11.7. The molecule has 16 heavy (non-hydrogen) atoms. The molecule has 0 bridgehead atoms. The van der Waals surface area contributed by atoms with E-state index in [9.17, 15) is 0 Å². The number of nitrogens with two attached hydrogens (primary N) is 3. The lowest BCUT2D eigenvalue weighted by atomic mass is 10.1. The first-order chi connectivity index (χ1) is 7.58. The van der Waals surface area contributed by atoms with Crippen LogP contribution in [0.1, 0.15) is 5.56 Å². The Morgan fingerprint density at radius 1 is 1.06 bits per heavy atom. The van der Waals surface area contributed by atoms with Gasteiger partial charge in [-0.2, -0.15) is 0 Å². The van der Waals surface area contributed by atoms with Gasteiger partial charge in [-0.3, -0.25) is 0 Å². The maximum atomic E-state index is 5.79. The second-order valence-corrected chi connectivity index (χ2v) is 3.60. The molecule has 0 amide bonds. The zero-order valence-electron chi connectivity index (χ0n) is 8.94. The van der Waals surface area contributed by atoms with E-state index in [0.717, 1.165) is 16.7 Å². The lowest BCUT2D eigenvalue weighted by Crippen LogP contribution is -1.99. The lowest BCUT2D eigenvalue weighted by molar-refractivity contribution is 1.27. The summed E-state index contributed by atoms with van der Waals surface area (Å²) in [4.78, 5) is 8.08. The molecule has 0 atom stereocenters. The third kappa shape index (κ3) is 1.75. The van der Waals surface area contributed by atoms with Crippen LogP contribution in [-0.2, 0) is 0 Å². The molecule has 0 aliphatic carbocycles. The van der Waals surface area contributed by atoms with E-state index in [1.54, 1.807) is 12.3 Å². The summed E-state index contributed by atoms with van der Waals surface area (Å²) in [7, 11) is 0. The van der Waals surface area contributed by atoms with Gasteiger partial charge in [-0.05, 0) is 30.7 Å². The van der Waals surface area contributed by atoms with Gasteiger partial charge >= 0.3 is 0 Å². The Balaban J connectivity index is 2.54. The van der Waals surface area contributed by atoms with Gasteiger partial charge in [-0.25, -0.2) is 9.97 Å². The third-order valence-corrected chi connectivity index (χ3v) is 2.38. The van der Waals surface area contributed by atoms with Crippen molar-refractivity contribution in [3.8, 4) is 11.1 Å². The van der Waals surface area contributed by atoms with Crippen LogP contribution in [0.5, 0.6) is 0 Å². The number of aromatic nitrogens is 2. The van der Waals surface area contributed by atoms with Crippen molar-refractivity contribution in [2.75, 3.05) is 17.2 Å². The highest BCUT2D eigenvalue weighted by Gasteiger charge is 2.06. The molecule has 0 unspecified atom stereocenters. The maximum Gasteiger partial charge on any atom is 0.133 e. The van der Waals surface area contributed by atoms with Crippen LogP contribution in [0.2, 0.25) is 0 Å². The van der Waals surface area contributed by atoms with Crippen LogP contribution in [0, 0.1) is 6.92 Å². The summed E-state index contributed by atoms with van der Waals surface area (Å²) >= 11 is 0. The summed E-state index contributed by atoms with van der Waals surface area (Å²) in [6.45, 7) is 1.90. The number of nitrogen functional groups attached to an aromatic ring is 3. The maximum absolute atomic E-state index is 5.79. The van der Waals surface area contributed by atoms with Gasteiger partial charge < -0.3 is 17.2 Å². The number of nitrogens with zero attached hydrogens (tertiary/aromatic N) is 2. The van der Waals surface area contributed by atoms with Crippen LogP contribution in [-0.4, -0.2) is 9.97 Å². The van der Waals surface area contributed by atoms with Crippen molar-refractivity contribution in [1.82, 2.24) is 9.97 Å². The molecule has 0 aromatic carbocycles. The highest BCUT2D eigenvalue weighted by molar-refractivity contribution is 5.75. The zero-order valence-corrected chi connectivity index (χ0v) is 8.94. The summed E-state index contributed by atoms with van der Waals surface area (Å²) in [5, 5.41) is 0. The van der Waals surface area contributed by atoms with Crippen LogP contribution in [0.3, 0.4) is 0 Å². The third-order valence-electron chi connectivity index (χ3n) is 2.38. The largest absolute Gasteiger partial charge is 0.384 e.